The molecule has 1 rings (SSSR count). The van der Waals surface area contributed by atoms with Crippen LogP contribution < -0.4 is 5.32 Å². The van der Waals surface area contributed by atoms with Crippen LogP contribution in [0, 0.1) is 19.8 Å². The number of nitrogens with zero attached hydrogens (tertiary/aromatic N) is 2. The largest absolute Gasteiger partial charge is 0.395 e. The molecule has 0 aliphatic carbocycles. The zero-order chi connectivity index (χ0) is 13.7. The quantitative estimate of drug-likeness (QED) is 0.788. The number of aromatic nitrogens is 2. The molecular formula is C13H23N3O2. The fourth-order valence-corrected chi connectivity index (χ4v) is 1.93. The standard InChI is InChI=1S/C13H23N3O2/c1-9(2)8-16-11(4)12(10(3)15-16)7-13(18)14-5-6-17/h9,17H,5-8H2,1-4H3,(H,14,18). The fraction of sp³-hybridized carbons (Fsp3) is 0.692. The smallest absolute Gasteiger partial charge is 0.224 e. The van der Waals surface area contributed by atoms with Gasteiger partial charge < -0.3 is 10.4 Å². The number of nitrogens with one attached hydrogen (secondary N) is 1. The third-order valence-electron chi connectivity index (χ3n) is 2.84. The van der Waals surface area contributed by atoms with Gasteiger partial charge in [-0.15, -0.1) is 0 Å². The average Bonchev–Trinajstić information content (AvgIpc) is 2.53. The summed E-state index contributed by atoms with van der Waals surface area (Å²) in [6.07, 6.45) is 0.329. The van der Waals surface area contributed by atoms with Gasteiger partial charge in [0.05, 0.1) is 18.7 Å². The summed E-state index contributed by atoms with van der Waals surface area (Å²) in [7, 11) is 0. The number of aliphatic hydroxyl groups excluding tert-OH is 1. The molecule has 5 heteroatoms. The van der Waals surface area contributed by atoms with Gasteiger partial charge in [0.15, 0.2) is 0 Å². The average molecular weight is 253 g/mol. The molecule has 2 N–H and O–H groups in total. The number of aliphatic hydroxyl groups is 1. The van der Waals surface area contributed by atoms with Gasteiger partial charge in [0.2, 0.25) is 5.91 Å². The first-order valence-electron chi connectivity index (χ1n) is 6.36. The molecule has 0 saturated carbocycles. The van der Waals surface area contributed by atoms with E-state index >= 15 is 0 Å². The molecule has 102 valence electrons. The van der Waals surface area contributed by atoms with Gasteiger partial charge in [-0.2, -0.15) is 5.10 Å². The third kappa shape index (κ3) is 3.84. The van der Waals surface area contributed by atoms with Crippen LogP contribution >= 0.6 is 0 Å². The molecule has 1 amide bonds. The van der Waals surface area contributed by atoms with Crippen molar-refractivity contribution in [2.24, 2.45) is 5.92 Å². The van der Waals surface area contributed by atoms with Gasteiger partial charge in [-0.1, -0.05) is 13.8 Å². The maximum atomic E-state index is 11.6. The number of rotatable bonds is 6. The van der Waals surface area contributed by atoms with E-state index in [2.05, 4.69) is 24.3 Å². The summed E-state index contributed by atoms with van der Waals surface area (Å²) in [6.45, 7) is 9.35. The molecule has 0 unspecified atom stereocenters. The number of amides is 1. The summed E-state index contributed by atoms with van der Waals surface area (Å²) in [6, 6.07) is 0. The van der Waals surface area contributed by atoms with Crippen molar-refractivity contribution in [3.8, 4) is 0 Å². The van der Waals surface area contributed by atoms with Crippen molar-refractivity contribution in [1.82, 2.24) is 15.1 Å². The van der Waals surface area contributed by atoms with Crippen molar-refractivity contribution in [3.63, 3.8) is 0 Å². The predicted octanol–water partition coefficient (Wildman–Crippen LogP) is 0.807. The van der Waals surface area contributed by atoms with Crippen molar-refractivity contribution in [1.29, 1.82) is 0 Å². The molecule has 0 saturated heterocycles. The summed E-state index contributed by atoms with van der Waals surface area (Å²) in [5, 5.41) is 15.8. The van der Waals surface area contributed by atoms with Crippen molar-refractivity contribution < 1.29 is 9.90 Å². The highest BCUT2D eigenvalue weighted by Crippen LogP contribution is 2.15. The van der Waals surface area contributed by atoms with E-state index in [1.807, 2.05) is 18.5 Å². The lowest BCUT2D eigenvalue weighted by Gasteiger charge is -2.08. The Kier molecular flexibility index (Phi) is 5.34. The van der Waals surface area contributed by atoms with Gasteiger partial charge in [0.1, 0.15) is 0 Å². The molecule has 0 aromatic carbocycles. The summed E-state index contributed by atoms with van der Waals surface area (Å²) >= 11 is 0. The highest BCUT2D eigenvalue weighted by Gasteiger charge is 2.15. The Bertz CT molecular complexity index is 411. The van der Waals surface area contributed by atoms with E-state index in [1.165, 1.54) is 0 Å². The minimum Gasteiger partial charge on any atom is -0.395 e. The van der Waals surface area contributed by atoms with Crippen LogP contribution in [0.3, 0.4) is 0 Å². The van der Waals surface area contributed by atoms with Crippen LogP contribution in [0.5, 0.6) is 0 Å². The van der Waals surface area contributed by atoms with E-state index in [4.69, 9.17) is 5.11 Å². The van der Waals surface area contributed by atoms with E-state index < -0.39 is 0 Å². The highest BCUT2D eigenvalue weighted by molar-refractivity contribution is 5.79. The SMILES string of the molecule is Cc1nn(CC(C)C)c(C)c1CC(=O)NCCO. The van der Waals surface area contributed by atoms with Crippen LogP contribution in [-0.2, 0) is 17.8 Å². The van der Waals surface area contributed by atoms with Crippen LogP contribution in [0.2, 0.25) is 0 Å². The Hall–Kier alpha value is -1.36. The zero-order valence-electron chi connectivity index (χ0n) is 11.7. The molecule has 0 radical (unpaired) electrons. The van der Waals surface area contributed by atoms with E-state index in [-0.39, 0.29) is 12.5 Å². The normalized spacial score (nSPS) is 11.0. The van der Waals surface area contributed by atoms with Crippen LogP contribution in [0.1, 0.15) is 30.8 Å². The first-order chi connectivity index (χ1) is 8.45. The van der Waals surface area contributed by atoms with E-state index in [0.717, 1.165) is 23.5 Å². The maximum absolute atomic E-state index is 11.6. The Morgan fingerprint density at radius 2 is 2.11 bits per heavy atom. The highest BCUT2D eigenvalue weighted by atomic mass is 16.3. The molecule has 1 aromatic heterocycles. The molecule has 0 bridgehead atoms. The van der Waals surface area contributed by atoms with Crippen LogP contribution in [0.25, 0.3) is 0 Å². The van der Waals surface area contributed by atoms with Gasteiger partial charge in [0, 0.05) is 24.3 Å². The Morgan fingerprint density at radius 3 is 2.67 bits per heavy atom. The summed E-state index contributed by atoms with van der Waals surface area (Å²) in [5.74, 6) is 0.457. The van der Waals surface area contributed by atoms with Crippen LogP contribution in [0.15, 0.2) is 0 Å². The maximum Gasteiger partial charge on any atom is 0.224 e. The molecule has 0 atom stereocenters. The first-order valence-corrected chi connectivity index (χ1v) is 6.36. The molecule has 0 aliphatic heterocycles. The van der Waals surface area contributed by atoms with Crippen molar-refractivity contribution in [2.45, 2.75) is 40.7 Å². The lowest BCUT2D eigenvalue weighted by Crippen LogP contribution is -2.28. The second-order valence-corrected chi connectivity index (χ2v) is 4.98. The third-order valence-corrected chi connectivity index (χ3v) is 2.84. The molecule has 0 spiro atoms. The number of carbonyl (C=O) groups is 1. The first kappa shape index (κ1) is 14.7. The minimum absolute atomic E-state index is 0.0314. The Morgan fingerprint density at radius 1 is 1.44 bits per heavy atom. The second kappa shape index (κ2) is 6.54. The predicted molar refractivity (Wildman–Crippen MR) is 70.3 cm³/mol. The molecule has 1 heterocycles. The van der Waals surface area contributed by atoms with Crippen LogP contribution in [0.4, 0.5) is 0 Å². The molecule has 0 fully saturated rings. The molecular weight excluding hydrogens is 230 g/mol. The summed E-state index contributed by atoms with van der Waals surface area (Å²) in [4.78, 5) is 11.6. The molecule has 18 heavy (non-hydrogen) atoms. The minimum atomic E-state index is -0.0700. The van der Waals surface area contributed by atoms with Crippen molar-refractivity contribution >= 4 is 5.91 Å². The monoisotopic (exact) mass is 253 g/mol. The number of carbonyl (C=O) groups excluding carboxylic acids is 1. The van der Waals surface area contributed by atoms with E-state index in [9.17, 15) is 4.79 Å². The van der Waals surface area contributed by atoms with Crippen LogP contribution in [-0.4, -0.2) is 33.9 Å². The lowest BCUT2D eigenvalue weighted by molar-refractivity contribution is -0.120. The number of aryl methyl sites for hydroxylation is 1. The molecule has 0 aliphatic rings. The number of hydrogen-bond donors (Lipinski definition) is 2. The van der Waals surface area contributed by atoms with Gasteiger partial charge in [-0.3, -0.25) is 9.48 Å². The molecule has 5 nitrogen and oxygen atoms in total. The van der Waals surface area contributed by atoms with Gasteiger partial charge in [-0.25, -0.2) is 0 Å². The number of hydrogen-bond acceptors (Lipinski definition) is 3. The fourth-order valence-electron chi connectivity index (χ4n) is 1.93. The van der Waals surface area contributed by atoms with Gasteiger partial charge in [-0.05, 0) is 19.8 Å². The zero-order valence-corrected chi connectivity index (χ0v) is 11.7. The van der Waals surface area contributed by atoms with Crippen molar-refractivity contribution in [3.05, 3.63) is 17.0 Å². The van der Waals surface area contributed by atoms with Crippen molar-refractivity contribution in [2.75, 3.05) is 13.2 Å². The van der Waals surface area contributed by atoms with Gasteiger partial charge >= 0.3 is 0 Å². The Balaban J connectivity index is 2.76. The summed E-state index contributed by atoms with van der Waals surface area (Å²) < 4.78 is 1.97. The lowest BCUT2D eigenvalue weighted by atomic mass is 10.1. The second-order valence-electron chi connectivity index (χ2n) is 4.98. The van der Waals surface area contributed by atoms with E-state index in [1.54, 1.807) is 0 Å². The molecule has 1 aromatic rings. The van der Waals surface area contributed by atoms with Gasteiger partial charge in [0.25, 0.3) is 0 Å². The summed E-state index contributed by atoms with van der Waals surface area (Å²) in [5.41, 5.74) is 2.96. The topological polar surface area (TPSA) is 67.2 Å². The van der Waals surface area contributed by atoms with E-state index in [0.29, 0.717) is 18.9 Å². The Labute approximate surface area is 108 Å².